The third-order valence-corrected chi connectivity index (χ3v) is 3.38. The largest absolute Gasteiger partial charge is 0.382 e. The Morgan fingerprint density at radius 2 is 2.00 bits per heavy atom. The van der Waals surface area contributed by atoms with Gasteiger partial charge in [0, 0.05) is 23.5 Å². The van der Waals surface area contributed by atoms with E-state index in [-0.39, 0.29) is 24.8 Å². The van der Waals surface area contributed by atoms with Crippen molar-refractivity contribution in [1.82, 2.24) is 14.8 Å². The fourth-order valence-corrected chi connectivity index (χ4v) is 2.49. The SMILES string of the molecule is CCn1cc2c(n1)c(N)nc1cccc(CCN)c12.Cl.Cl. The lowest BCUT2D eigenvalue weighted by molar-refractivity contribution is 0.668. The maximum absolute atomic E-state index is 6.00. The molecule has 0 radical (unpaired) electrons. The van der Waals surface area contributed by atoms with E-state index in [1.165, 1.54) is 5.56 Å². The predicted molar refractivity (Wildman–Crippen MR) is 92.4 cm³/mol. The van der Waals surface area contributed by atoms with Gasteiger partial charge < -0.3 is 11.5 Å². The molecule has 2 heterocycles. The number of nitrogens with two attached hydrogens (primary N) is 2. The van der Waals surface area contributed by atoms with Crippen LogP contribution in [0, 0.1) is 0 Å². The van der Waals surface area contributed by atoms with Crippen LogP contribution in [-0.2, 0) is 13.0 Å². The maximum Gasteiger partial charge on any atom is 0.152 e. The first-order valence-electron chi connectivity index (χ1n) is 6.49. The number of pyridine rings is 1. The molecule has 0 bridgehead atoms. The Balaban J connectivity index is 0.00000110. The second-order valence-corrected chi connectivity index (χ2v) is 4.59. The summed E-state index contributed by atoms with van der Waals surface area (Å²) >= 11 is 0. The minimum atomic E-state index is 0. The molecule has 0 aliphatic rings. The summed E-state index contributed by atoms with van der Waals surface area (Å²) in [6, 6.07) is 6.07. The second-order valence-electron chi connectivity index (χ2n) is 4.59. The van der Waals surface area contributed by atoms with E-state index in [2.05, 4.69) is 23.1 Å². The quantitative estimate of drug-likeness (QED) is 0.774. The fourth-order valence-electron chi connectivity index (χ4n) is 2.49. The number of hydrogen-bond acceptors (Lipinski definition) is 4. The molecule has 7 heteroatoms. The van der Waals surface area contributed by atoms with Gasteiger partial charge in [0.1, 0.15) is 5.52 Å². The number of benzene rings is 1. The van der Waals surface area contributed by atoms with E-state index in [1.54, 1.807) is 0 Å². The van der Waals surface area contributed by atoms with Crippen molar-refractivity contribution in [1.29, 1.82) is 0 Å². The number of halogens is 2. The average Bonchev–Trinajstić information content (AvgIpc) is 2.84. The summed E-state index contributed by atoms with van der Waals surface area (Å²) < 4.78 is 1.89. The summed E-state index contributed by atoms with van der Waals surface area (Å²) in [6.45, 7) is 3.49. The van der Waals surface area contributed by atoms with E-state index in [4.69, 9.17) is 11.5 Å². The van der Waals surface area contributed by atoms with Crippen molar-refractivity contribution < 1.29 is 0 Å². The number of aromatic nitrogens is 3. The van der Waals surface area contributed by atoms with Crippen LogP contribution in [0.15, 0.2) is 24.4 Å². The molecule has 0 fully saturated rings. The van der Waals surface area contributed by atoms with E-state index < -0.39 is 0 Å². The lowest BCUT2D eigenvalue weighted by Crippen LogP contribution is -2.03. The van der Waals surface area contributed by atoms with Gasteiger partial charge in [0.05, 0.1) is 5.52 Å². The van der Waals surface area contributed by atoms with Crippen LogP contribution in [0.1, 0.15) is 12.5 Å². The summed E-state index contributed by atoms with van der Waals surface area (Å²) in [5.41, 5.74) is 14.6. The van der Waals surface area contributed by atoms with Gasteiger partial charge in [0.15, 0.2) is 5.82 Å². The average molecular weight is 328 g/mol. The fraction of sp³-hybridized carbons (Fsp3) is 0.286. The molecule has 0 saturated carbocycles. The topological polar surface area (TPSA) is 82.8 Å². The molecule has 4 N–H and O–H groups in total. The highest BCUT2D eigenvalue weighted by Gasteiger charge is 2.12. The summed E-state index contributed by atoms with van der Waals surface area (Å²) in [4.78, 5) is 4.46. The van der Waals surface area contributed by atoms with E-state index in [0.717, 1.165) is 34.8 Å². The molecular weight excluding hydrogens is 309 g/mol. The van der Waals surface area contributed by atoms with E-state index in [9.17, 15) is 0 Å². The number of rotatable bonds is 3. The third kappa shape index (κ3) is 2.90. The highest BCUT2D eigenvalue weighted by Crippen LogP contribution is 2.29. The van der Waals surface area contributed by atoms with Gasteiger partial charge in [-0.3, -0.25) is 4.68 Å². The van der Waals surface area contributed by atoms with Gasteiger partial charge in [-0.1, -0.05) is 12.1 Å². The van der Waals surface area contributed by atoms with Crippen molar-refractivity contribution in [2.45, 2.75) is 19.9 Å². The Morgan fingerprint density at radius 3 is 2.67 bits per heavy atom. The first-order chi connectivity index (χ1) is 9.24. The molecule has 0 amide bonds. The number of nitrogens with zero attached hydrogens (tertiary/aromatic N) is 3. The first kappa shape index (κ1) is 17.5. The van der Waals surface area contributed by atoms with E-state index in [1.807, 2.05) is 23.0 Å². The molecule has 114 valence electrons. The van der Waals surface area contributed by atoms with Crippen LogP contribution >= 0.6 is 24.8 Å². The lowest BCUT2D eigenvalue weighted by atomic mass is 10.0. The van der Waals surface area contributed by atoms with Crippen molar-refractivity contribution >= 4 is 52.4 Å². The Morgan fingerprint density at radius 1 is 1.24 bits per heavy atom. The van der Waals surface area contributed by atoms with Crippen LogP contribution in [0.3, 0.4) is 0 Å². The summed E-state index contributed by atoms with van der Waals surface area (Å²) in [6.07, 6.45) is 2.87. The van der Waals surface area contributed by atoms with Gasteiger partial charge in [0.25, 0.3) is 0 Å². The highest BCUT2D eigenvalue weighted by atomic mass is 35.5. The minimum Gasteiger partial charge on any atom is -0.382 e. The Labute approximate surface area is 135 Å². The van der Waals surface area contributed by atoms with Crippen LogP contribution in [0.2, 0.25) is 0 Å². The molecule has 0 saturated heterocycles. The molecule has 21 heavy (non-hydrogen) atoms. The van der Waals surface area contributed by atoms with Crippen LogP contribution < -0.4 is 11.5 Å². The zero-order valence-electron chi connectivity index (χ0n) is 11.7. The summed E-state index contributed by atoms with van der Waals surface area (Å²) in [5, 5.41) is 6.67. The Kier molecular flexibility index (Phi) is 5.78. The normalized spacial score (nSPS) is 10.4. The molecule has 0 spiro atoms. The zero-order chi connectivity index (χ0) is 13.4. The highest BCUT2D eigenvalue weighted by molar-refractivity contribution is 6.09. The molecule has 0 aliphatic carbocycles. The molecule has 0 atom stereocenters. The van der Waals surface area contributed by atoms with Gasteiger partial charge in [-0.05, 0) is 31.5 Å². The van der Waals surface area contributed by atoms with Gasteiger partial charge in [-0.2, -0.15) is 5.10 Å². The summed E-state index contributed by atoms with van der Waals surface area (Å²) in [7, 11) is 0. The van der Waals surface area contributed by atoms with Crippen molar-refractivity contribution in [3.63, 3.8) is 0 Å². The molecule has 5 nitrogen and oxygen atoms in total. The van der Waals surface area contributed by atoms with Gasteiger partial charge in [-0.25, -0.2) is 4.98 Å². The van der Waals surface area contributed by atoms with Crippen molar-refractivity contribution in [3.8, 4) is 0 Å². The molecule has 1 aromatic carbocycles. The maximum atomic E-state index is 6.00. The first-order valence-corrected chi connectivity index (χ1v) is 6.49. The van der Waals surface area contributed by atoms with Crippen LogP contribution in [0.25, 0.3) is 21.8 Å². The smallest absolute Gasteiger partial charge is 0.152 e. The minimum absolute atomic E-state index is 0. The number of anilines is 1. The van der Waals surface area contributed by atoms with Gasteiger partial charge >= 0.3 is 0 Å². The standard InChI is InChI=1S/C14H17N5.2ClH/c1-2-19-8-10-12-9(6-7-15)4-3-5-11(12)17-14(16)13(10)18-19;;/h3-5,8H,2,6-7,15H2,1H3,(H2,16,17);2*1H. The molecular formula is C14H19Cl2N5. The van der Waals surface area contributed by atoms with E-state index >= 15 is 0 Å². The van der Waals surface area contributed by atoms with Crippen LogP contribution in [0.4, 0.5) is 5.82 Å². The molecule has 0 aliphatic heterocycles. The number of hydrogen-bond donors (Lipinski definition) is 2. The predicted octanol–water partition coefficient (Wildman–Crippen LogP) is 2.53. The van der Waals surface area contributed by atoms with Crippen molar-refractivity contribution in [3.05, 3.63) is 30.0 Å². The second kappa shape index (κ2) is 6.93. The lowest BCUT2D eigenvalue weighted by Gasteiger charge is -2.06. The van der Waals surface area contributed by atoms with Crippen LogP contribution in [-0.4, -0.2) is 21.3 Å². The zero-order valence-corrected chi connectivity index (χ0v) is 13.4. The van der Waals surface area contributed by atoms with Gasteiger partial charge in [0.2, 0.25) is 0 Å². The molecule has 0 unspecified atom stereocenters. The molecule has 3 rings (SSSR count). The molecule has 3 aromatic rings. The Hall–Kier alpha value is -1.56. The Bertz CT molecular complexity index is 754. The third-order valence-electron chi connectivity index (χ3n) is 3.38. The van der Waals surface area contributed by atoms with Crippen molar-refractivity contribution in [2.75, 3.05) is 12.3 Å². The van der Waals surface area contributed by atoms with Crippen molar-refractivity contribution in [2.24, 2.45) is 5.73 Å². The number of aryl methyl sites for hydroxylation is 1. The van der Waals surface area contributed by atoms with Crippen LogP contribution in [0.5, 0.6) is 0 Å². The van der Waals surface area contributed by atoms with Gasteiger partial charge in [-0.15, -0.1) is 24.8 Å². The molecule has 2 aromatic heterocycles. The monoisotopic (exact) mass is 327 g/mol. The number of fused-ring (bicyclic) bond motifs is 3. The number of nitrogen functional groups attached to an aromatic ring is 1. The summed E-state index contributed by atoms with van der Waals surface area (Å²) in [5.74, 6) is 0.486. The van der Waals surface area contributed by atoms with E-state index in [0.29, 0.717) is 12.4 Å².